The van der Waals surface area contributed by atoms with Crippen molar-refractivity contribution in [3.05, 3.63) is 59.2 Å². The van der Waals surface area contributed by atoms with Crippen molar-refractivity contribution in [3.8, 4) is 5.75 Å². The van der Waals surface area contributed by atoms with Gasteiger partial charge in [-0.1, -0.05) is 33.6 Å². The van der Waals surface area contributed by atoms with E-state index in [-0.39, 0.29) is 5.82 Å². The van der Waals surface area contributed by atoms with Gasteiger partial charge < -0.3 is 4.74 Å². The number of nitrogens with zero attached hydrogens (tertiary/aromatic N) is 1. The van der Waals surface area contributed by atoms with E-state index in [1.54, 1.807) is 6.20 Å². The molecule has 4 heteroatoms. The molecule has 0 atom stereocenters. The summed E-state index contributed by atoms with van der Waals surface area (Å²) in [7, 11) is 0. The maximum absolute atomic E-state index is 13.0. The molecular weight excluding hydrogens is 297 g/mol. The molecule has 2 rings (SSSR count). The standard InChI is InChI=1S/C14H13BrFNO/c1-10-2-3-14(12(4-10)6-15)18-9-11-5-13(16)8-17-7-11/h2-5,7-8H,6,9H2,1H3. The molecule has 0 fully saturated rings. The van der Waals surface area contributed by atoms with Crippen molar-refractivity contribution in [2.24, 2.45) is 0 Å². The SMILES string of the molecule is Cc1ccc(OCc2cncc(F)c2)c(CBr)c1. The molecule has 2 aromatic rings. The van der Waals surface area contributed by atoms with Crippen LogP contribution in [-0.2, 0) is 11.9 Å². The van der Waals surface area contributed by atoms with Gasteiger partial charge in [-0.3, -0.25) is 4.98 Å². The van der Waals surface area contributed by atoms with E-state index in [1.807, 2.05) is 19.1 Å². The molecule has 0 amide bonds. The Morgan fingerprint density at radius 3 is 2.83 bits per heavy atom. The fourth-order valence-electron chi connectivity index (χ4n) is 1.65. The minimum absolute atomic E-state index is 0.313. The Morgan fingerprint density at radius 2 is 2.11 bits per heavy atom. The molecule has 0 unspecified atom stereocenters. The number of alkyl halides is 1. The molecule has 0 N–H and O–H groups in total. The van der Waals surface area contributed by atoms with Gasteiger partial charge in [-0.2, -0.15) is 0 Å². The van der Waals surface area contributed by atoms with Crippen molar-refractivity contribution < 1.29 is 9.13 Å². The summed E-state index contributed by atoms with van der Waals surface area (Å²) in [5.41, 5.74) is 2.99. The average Bonchev–Trinajstić information content (AvgIpc) is 2.37. The van der Waals surface area contributed by atoms with E-state index in [4.69, 9.17) is 4.74 Å². The largest absolute Gasteiger partial charge is 0.489 e. The van der Waals surface area contributed by atoms with Crippen molar-refractivity contribution in [1.82, 2.24) is 4.98 Å². The first-order valence-electron chi connectivity index (χ1n) is 5.57. The number of aromatic nitrogens is 1. The highest BCUT2D eigenvalue weighted by Gasteiger charge is 2.04. The Bertz CT molecular complexity index is 545. The van der Waals surface area contributed by atoms with Gasteiger partial charge in [0, 0.05) is 22.7 Å². The second-order valence-corrected chi connectivity index (χ2v) is 4.61. The van der Waals surface area contributed by atoms with Gasteiger partial charge in [0.2, 0.25) is 0 Å². The highest BCUT2D eigenvalue weighted by atomic mass is 79.9. The molecule has 1 aromatic heterocycles. The topological polar surface area (TPSA) is 22.1 Å². The van der Waals surface area contributed by atoms with E-state index in [1.165, 1.54) is 17.8 Å². The van der Waals surface area contributed by atoms with E-state index in [0.717, 1.165) is 22.2 Å². The molecule has 0 saturated carbocycles. The Labute approximate surface area is 114 Å². The van der Waals surface area contributed by atoms with Gasteiger partial charge in [-0.05, 0) is 19.1 Å². The second kappa shape index (κ2) is 5.96. The molecule has 94 valence electrons. The van der Waals surface area contributed by atoms with Crippen LogP contribution in [0.4, 0.5) is 4.39 Å². The number of halogens is 2. The molecular formula is C14H13BrFNO. The van der Waals surface area contributed by atoms with Gasteiger partial charge in [0.15, 0.2) is 0 Å². The molecule has 0 aliphatic heterocycles. The van der Waals surface area contributed by atoms with Crippen LogP contribution in [0.5, 0.6) is 5.75 Å². The third-order valence-electron chi connectivity index (χ3n) is 2.52. The number of pyridine rings is 1. The van der Waals surface area contributed by atoms with Crippen LogP contribution in [0, 0.1) is 12.7 Å². The molecule has 2 nitrogen and oxygen atoms in total. The quantitative estimate of drug-likeness (QED) is 0.796. The monoisotopic (exact) mass is 309 g/mol. The van der Waals surface area contributed by atoms with Crippen molar-refractivity contribution in [3.63, 3.8) is 0 Å². The smallest absolute Gasteiger partial charge is 0.141 e. The first kappa shape index (κ1) is 13.0. The summed E-state index contributed by atoms with van der Waals surface area (Å²) in [5, 5.41) is 0.728. The molecule has 0 bridgehead atoms. The summed E-state index contributed by atoms with van der Waals surface area (Å²) in [6.45, 7) is 2.35. The van der Waals surface area contributed by atoms with Crippen LogP contribution >= 0.6 is 15.9 Å². The van der Waals surface area contributed by atoms with Gasteiger partial charge in [0.05, 0.1) is 6.20 Å². The number of ether oxygens (including phenoxy) is 1. The number of aryl methyl sites for hydroxylation is 1. The first-order valence-corrected chi connectivity index (χ1v) is 6.69. The normalized spacial score (nSPS) is 10.4. The molecule has 1 heterocycles. The maximum Gasteiger partial charge on any atom is 0.141 e. The molecule has 18 heavy (non-hydrogen) atoms. The Balaban J connectivity index is 2.10. The molecule has 0 aliphatic carbocycles. The van der Waals surface area contributed by atoms with Gasteiger partial charge in [0.1, 0.15) is 18.2 Å². The van der Waals surface area contributed by atoms with Gasteiger partial charge >= 0.3 is 0 Å². The predicted octanol–water partition coefficient (Wildman–Crippen LogP) is 4.00. The molecule has 1 aromatic carbocycles. The lowest BCUT2D eigenvalue weighted by molar-refractivity contribution is 0.302. The van der Waals surface area contributed by atoms with Crippen molar-refractivity contribution >= 4 is 15.9 Å². The zero-order valence-corrected chi connectivity index (χ0v) is 11.6. The summed E-state index contributed by atoms with van der Waals surface area (Å²) in [4.78, 5) is 3.79. The summed E-state index contributed by atoms with van der Waals surface area (Å²) >= 11 is 3.43. The molecule has 0 radical (unpaired) electrons. The fraction of sp³-hybridized carbons (Fsp3) is 0.214. The van der Waals surface area contributed by atoms with Crippen LogP contribution in [0.15, 0.2) is 36.7 Å². The van der Waals surface area contributed by atoms with Crippen LogP contribution in [0.25, 0.3) is 0 Å². The zero-order valence-electron chi connectivity index (χ0n) is 9.99. The minimum Gasteiger partial charge on any atom is -0.489 e. The van der Waals surface area contributed by atoms with Crippen LogP contribution < -0.4 is 4.74 Å². The zero-order chi connectivity index (χ0) is 13.0. The first-order chi connectivity index (χ1) is 8.69. The maximum atomic E-state index is 13.0. The highest BCUT2D eigenvalue weighted by molar-refractivity contribution is 9.08. The minimum atomic E-state index is -0.347. The van der Waals surface area contributed by atoms with Crippen molar-refractivity contribution in [1.29, 1.82) is 0 Å². The van der Waals surface area contributed by atoms with Crippen LogP contribution in [-0.4, -0.2) is 4.98 Å². The van der Waals surface area contributed by atoms with Crippen LogP contribution in [0.2, 0.25) is 0 Å². The highest BCUT2D eigenvalue weighted by Crippen LogP contribution is 2.23. The second-order valence-electron chi connectivity index (χ2n) is 4.04. The number of hydrogen-bond donors (Lipinski definition) is 0. The Morgan fingerprint density at radius 1 is 1.28 bits per heavy atom. The van der Waals surface area contributed by atoms with Crippen LogP contribution in [0.3, 0.4) is 0 Å². The summed E-state index contributed by atoms with van der Waals surface area (Å²) in [6.07, 6.45) is 2.78. The summed E-state index contributed by atoms with van der Waals surface area (Å²) in [6, 6.07) is 7.41. The molecule has 0 spiro atoms. The van der Waals surface area contributed by atoms with Crippen LogP contribution in [0.1, 0.15) is 16.7 Å². The van der Waals surface area contributed by atoms with E-state index >= 15 is 0 Å². The number of benzene rings is 1. The fourth-order valence-corrected chi connectivity index (χ4v) is 2.09. The Hall–Kier alpha value is -1.42. The van der Waals surface area contributed by atoms with E-state index in [9.17, 15) is 4.39 Å². The van der Waals surface area contributed by atoms with E-state index in [0.29, 0.717) is 6.61 Å². The summed E-state index contributed by atoms with van der Waals surface area (Å²) in [5.74, 6) is 0.461. The predicted molar refractivity (Wildman–Crippen MR) is 72.3 cm³/mol. The van der Waals surface area contributed by atoms with Crippen molar-refractivity contribution in [2.45, 2.75) is 18.9 Å². The van der Waals surface area contributed by atoms with E-state index in [2.05, 4.69) is 27.0 Å². The number of rotatable bonds is 4. The lowest BCUT2D eigenvalue weighted by Gasteiger charge is -2.10. The lowest BCUT2D eigenvalue weighted by atomic mass is 10.1. The summed E-state index contributed by atoms with van der Waals surface area (Å²) < 4.78 is 18.7. The molecule has 0 aliphatic rings. The molecule has 0 saturated heterocycles. The van der Waals surface area contributed by atoms with Gasteiger partial charge in [-0.15, -0.1) is 0 Å². The lowest BCUT2D eigenvalue weighted by Crippen LogP contribution is -1.99. The van der Waals surface area contributed by atoms with Gasteiger partial charge in [0.25, 0.3) is 0 Å². The third kappa shape index (κ3) is 3.29. The average molecular weight is 310 g/mol. The third-order valence-corrected chi connectivity index (χ3v) is 3.12. The van der Waals surface area contributed by atoms with E-state index < -0.39 is 0 Å². The Kier molecular flexibility index (Phi) is 4.31. The number of hydrogen-bond acceptors (Lipinski definition) is 2. The van der Waals surface area contributed by atoms with Crippen molar-refractivity contribution in [2.75, 3.05) is 0 Å². The van der Waals surface area contributed by atoms with Gasteiger partial charge in [-0.25, -0.2) is 4.39 Å².